The summed E-state index contributed by atoms with van der Waals surface area (Å²) in [5.41, 5.74) is 0. The van der Waals surface area contributed by atoms with Crippen molar-refractivity contribution in [2.45, 2.75) is 32.4 Å². The number of hydrogen-bond acceptors (Lipinski definition) is 3. The highest BCUT2D eigenvalue weighted by Gasteiger charge is 2.38. The molecule has 1 aliphatic heterocycles. The van der Waals surface area contributed by atoms with Crippen LogP contribution in [0.2, 0.25) is 5.15 Å². The Labute approximate surface area is 114 Å². The maximum Gasteiger partial charge on any atom is 0.128 e. The van der Waals surface area contributed by atoms with Gasteiger partial charge in [-0.2, -0.15) is 0 Å². The van der Waals surface area contributed by atoms with Gasteiger partial charge >= 0.3 is 0 Å². The van der Waals surface area contributed by atoms with Crippen molar-refractivity contribution in [2.75, 3.05) is 20.1 Å². The number of imidazole rings is 1. The van der Waals surface area contributed by atoms with E-state index in [4.69, 9.17) is 11.6 Å². The largest absolute Gasteiger partial charge is 0.321 e. The van der Waals surface area contributed by atoms with E-state index in [9.17, 15) is 0 Å². The third kappa shape index (κ3) is 2.42. The molecule has 0 saturated carbocycles. The van der Waals surface area contributed by atoms with Gasteiger partial charge in [-0.25, -0.2) is 4.98 Å². The standard InChI is InChI=1S/C13H23ClN4/c1-9(2)18-6-5-10(7-15-3)12(18)13-16-8-11(14)17(13)4/h8-10,12,15H,5-7H2,1-4H3. The highest BCUT2D eigenvalue weighted by Crippen LogP contribution is 2.38. The first-order valence-corrected chi connectivity index (χ1v) is 7.01. The maximum absolute atomic E-state index is 6.13. The number of halogens is 1. The number of hydrogen-bond donors (Lipinski definition) is 1. The van der Waals surface area contributed by atoms with E-state index in [1.54, 1.807) is 6.20 Å². The van der Waals surface area contributed by atoms with E-state index in [0.717, 1.165) is 18.9 Å². The molecule has 4 nitrogen and oxygen atoms in total. The molecule has 1 aromatic rings. The Morgan fingerprint density at radius 1 is 1.56 bits per heavy atom. The molecule has 2 rings (SSSR count). The lowest BCUT2D eigenvalue weighted by Gasteiger charge is -2.30. The Morgan fingerprint density at radius 2 is 2.28 bits per heavy atom. The first kappa shape index (κ1) is 13.8. The van der Waals surface area contributed by atoms with Crippen LogP contribution in [0.15, 0.2) is 6.20 Å². The lowest BCUT2D eigenvalue weighted by atomic mass is 9.99. The van der Waals surface area contributed by atoms with Crippen LogP contribution in [-0.4, -0.2) is 40.6 Å². The number of rotatable bonds is 4. The number of nitrogens with zero attached hydrogens (tertiary/aromatic N) is 3. The van der Waals surface area contributed by atoms with Crippen molar-refractivity contribution in [3.63, 3.8) is 0 Å². The molecule has 0 aliphatic carbocycles. The second kappa shape index (κ2) is 5.59. The second-order valence-electron chi connectivity index (χ2n) is 5.38. The maximum atomic E-state index is 6.13. The minimum atomic E-state index is 0.370. The predicted molar refractivity (Wildman–Crippen MR) is 74.8 cm³/mol. The van der Waals surface area contributed by atoms with Crippen LogP contribution in [0.25, 0.3) is 0 Å². The smallest absolute Gasteiger partial charge is 0.128 e. The predicted octanol–water partition coefficient (Wildman–Crippen LogP) is 2.06. The first-order valence-electron chi connectivity index (χ1n) is 6.63. The minimum Gasteiger partial charge on any atom is -0.321 e. The average molecular weight is 271 g/mol. The van der Waals surface area contributed by atoms with Crippen LogP contribution in [-0.2, 0) is 7.05 Å². The molecule has 1 aliphatic rings. The Kier molecular flexibility index (Phi) is 4.30. The molecule has 1 N–H and O–H groups in total. The van der Waals surface area contributed by atoms with Crippen LogP contribution in [0.4, 0.5) is 0 Å². The summed E-state index contributed by atoms with van der Waals surface area (Å²) in [6.45, 7) is 6.66. The van der Waals surface area contributed by atoms with E-state index in [1.807, 2.05) is 18.7 Å². The molecule has 2 heterocycles. The van der Waals surface area contributed by atoms with Crippen LogP contribution in [0.1, 0.15) is 32.1 Å². The van der Waals surface area contributed by atoms with Crippen molar-refractivity contribution in [2.24, 2.45) is 13.0 Å². The normalized spacial score (nSPS) is 25.2. The first-order chi connectivity index (χ1) is 8.56. The van der Waals surface area contributed by atoms with Gasteiger partial charge in [0.25, 0.3) is 0 Å². The Balaban J connectivity index is 2.31. The van der Waals surface area contributed by atoms with Crippen molar-refractivity contribution in [1.82, 2.24) is 19.8 Å². The fourth-order valence-electron chi connectivity index (χ4n) is 2.97. The van der Waals surface area contributed by atoms with Crippen LogP contribution in [0.3, 0.4) is 0 Å². The molecule has 1 fully saturated rings. The summed E-state index contributed by atoms with van der Waals surface area (Å²) >= 11 is 6.13. The molecule has 0 aromatic carbocycles. The SMILES string of the molecule is CNCC1CCN(C(C)C)C1c1ncc(Cl)n1C. The van der Waals surface area contributed by atoms with Gasteiger partial charge in [-0.1, -0.05) is 11.6 Å². The lowest BCUT2D eigenvalue weighted by Crippen LogP contribution is -2.35. The summed E-state index contributed by atoms with van der Waals surface area (Å²) in [6, 6.07) is 0.905. The zero-order valence-corrected chi connectivity index (χ0v) is 12.4. The van der Waals surface area contributed by atoms with Crippen molar-refractivity contribution in [3.05, 3.63) is 17.2 Å². The molecule has 102 valence electrons. The van der Waals surface area contributed by atoms with Crippen LogP contribution in [0.5, 0.6) is 0 Å². The third-order valence-corrected chi connectivity index (χ3v) is 4.27. The fraction of sp³-hybridized carbons (Fsp3) is 0.769. The summed E-state index contributed by atoms with van der Waals surface area (Å²) in [5, 5.41) is 4.01. The quantitative estimate of drug-likeness (QED) is 0.909. The Bertz CT molecular complexity index is 402. The molecule has 0 bridgehead atoms. The van der Waals surface area contributed by atoms with Crippen molar-refractivity contribution in [3.8, 4) is 0 Å². The summed E-state index contributed by atoms with van der Waals surface area (Å²) in [4.78, 5) is 7.05. The molecular weight excluding hydrogens is 248 g/mol. The summed E-state index contributed by atoms with van der Waals surface area (Å²) in [7, 11) is 4.01. The van der Waals surface area contributed by atoms with Gasteiger partial charge in [-0.15, -0.1) is 0 Å². The summed E-state index contributed by atoms with van der Waals surface area (Å²) in [5.74, 6) is 1.70. The van der Waals surface area contributed by atoms with Crippen LogP contribution >= 0.6 is 11.6 Å². The van der Waals surface area contributed by atoms with E-state index >= 15 is 0 Å². The number of nitrogens with one attached hydrogen (secondary N) is 1. The molecule has 18 heavy (non-hydrogen) atoms. The van der Waals surface area contributed by atoms with E-state index in [2.05, 4.69) is 29.0 Å². The highest BCUT2D eigenvalue weighted by atomic mass is 35.5. The Morgan fingerprint density at radius 3 is 2.78 bits per heavy atom. The zero-order chi connectivity index (χ0) is 13.3. The van der Waals surface area contributed by atoms with Crippen molar-refractivity contribution in [1.29, 1.82) is 0 Å². The monoisotopic (exact) mass is 270 g/mol. The molecule has 0 spiro atoms. The molecule has 0 radical (unpaired) electrons. The molecular formula is C13H23ClN4. The Hall–Kier alpha value is -0.580. The molecule has 5 heteroatoms. The van der Waals surface area contributed by atoms with Crippen molar-refractivity contribution < 1.29 is 0 Å². The van der Waals surface area contributed by atoms with Gasteiger partial charge in [0.2, 0.25) is 0 Å². The summed E-state index contributed by atoms with van der Waals surface area (Å²) < 4.78 is 2.01. The zero-order valence-electron chi connectivity index (χ0n) is 11.7. The van der Waals surface area contributed by atoms with Crippen LogP contribution in [0, 0.1) is 5.92 Å². The van der Waals surface area contributed by atoms with Gasteiger partial charge in [-0.05, 0) is 46.3 Å². The topological polar surface area (TPSA) is 33.1 Å². The highest BCUT2D eigenvalue weighted by molar-refractivity contribution is 6.29. The number of likely N-dealkylation sites (tertiary alicyclic amines) is 1. The molecule has 2 unspecified atom stereocenters. The van der Waals surface area contributed by atoms with Crippen molar-refractivity contribution >= 4 is 11.6 Å². The van der Waals surface area contributed by atoms with Crippen LogP contribution < -0.4 is 5.32 Å². The van der Waals surface area contributed by atoms with Gasteiger partial charge < -0.3 is 9.88 Å². The molecule has 1 saturated heterocycles. The van der Waals surface area contributed by atoms with Gasteiger partial charge in [0, 0.05) is 13.1 Å². The summed E-state index contributed by atoms with van der Waals surface area (Å²) in [6.07, 6.45) is 2.97. The number of aromatic nitrogens is 2. The van der Waals surface area contributed by atoms with Gasteiger partial charge in [0.1, 0.15) is 11.0 Å². The average Bonchev–Trinajstić information content (AvgIpc) is 2.86. The van der Waals surface area contributed by atoms with Gasteiger partial charge in [0.15, 0.2) is 0 Å². The minimum absolute atomic E-state index is 0.370. The third-order valence-electron chi connectivity index (χ3n) is 3.92. The van der Waals surface area contributed by atoms with E-state index in [-0.39, 0.29) is 0 Å². The molecule has 2 atom stereocenters. The lowest BCUT2D eigenvalue weighted by molar-refractivity contribution is 0.172. The van der Waals surface area contributed by atoms with Gasteiger partial charge in [-0.3, -0.25) is 4.90 Å². The molecule has 1 aromatic heterocycles. The second-order valence-corrected chi connectivity index (χ2v) is 5.77. The fourth-order valence-corrected chi connectivity index (χ4v) is 3.11. The van der Waals surface area contributed by atoms with E-state index in [1.165, 1.54) is 6.42 Å². The molecule has 0 amide bonds. The van der Waals surface area contributed by atoms with E-state index in [0.29, 0.717) is 23.2 Å². The van der Waals surface area contributed by atoms with Gasteiger partial charge in [0.05, 0.1) is 12.2 Å². The van der Waals surface area contributed by atoms with E-state index < -0.39 is 0 Å².